The lowest BCUT2D eigenvalue weighted by Crippen LogP contribution is -2.41. The van der Waals surface area contributed by atoms with Gasteiger partial charge in [0.05, 0.1) is 23.0 Å². The van der Waals surface area contributed by atoms with E-state index in [0.717, 1.165) is 19.1 Å². The van der Waals surface area contributed by atoms with Crippen molar-refractivity contribution < 1.29 is 26.4 Å². The zero-order valence-electron chi connectivity index (χ0n) is 16.5. The summed E-state index contributed by atoms with van der Waals surface area (Å²) in [7, 11) is -6.27. The van der Waals surface area contributed by atoms with Crippen molar-refractivity contribution >= 4 is 25.6 Å². The van der Waals surface area contributed by atoms with Crippen LogP contribution in [0.4, 0.5) is 0 Å². The Morgan fingerprint density at radius 1 is 1.21 bits per heavy atom. The minimum Gasteiger partial charge on any atom is -0.494 e. The molecule has 1 aliphatic heterocycles. The number of sulfone groups is 2. The number of carbonyl (C=O) groups excluding carboxylic acids is 1. The Hall–Kier alpha value is -1.61. The first kappa shape index (κ1) is 22.7. The van der Waals surface area contributed by atoms with Gasteiger partial charge < -0.3 is 9.64 Å². The second kappa shape index (κ2) is 9.73. The van der Waals surface area contributed by atoms with Gasteiger partial charge in [-0.3, -0.25) is 4.79 Å². The van der Waals surface area contributed by atoms with Crippen molar-refractivity contribution in [1.29, 1.82) is 0 Å². The van der Waals surface area contributed by atoms with Crippen molar-refractivity contribution in [3.8, 4) is 5.75 Å². The lowest BCUT2D eigenvalue weighted by atomic mass is 10.1. The molecule has 28 heavy (non-hydrogen) atoms. The summed E-state index contributed by atoms with van der Waals surface area (Å²) in [6, 6.07) is 5.95. The van der Waals surface area contributed by atoms with Crippen LogP contribution in [0.15, 0.2) is 29.2 Å². The fourth-order valence-electron chi connectivity index (χ4n) is 3.20. The second-order valence-electron chi connectivity index (χ2n) is 7.19. The van der Waals surface area contributed by atoms with E-state index in [9.17, 15) is 21.6 Å². The fraction of sp³-hybridized carbons (Fsp3) is 0.632. The topological polar surface area (TPSA) is 97.8 Å². The number of hydrogen-bond donors (Lipinski definition) is 0. The summed E-state index contributed by atoms with van der Waals surface area (Å²) in [5.74, 6) is 0.724. The van der Waals surface area contributed by atoms with E-state index in [1.165, 1.54) is 12.1 Å². The van der Waals surface area contributed by atoms with Gasteiger partial charge in [0.1, 0.15) is 5.75 Å². The molecule has 1 aliphatic rings. The number of benzene rings is 1. The highest BCUT2D eigenvalue weighted by atomic mass is 32.2. The molecule has 1 saturated heterocycles. The molecule has 1 amide bonds. The van der Waals surface area contributed by atoms with Crippen molar-refractivity contribution in [2.45, 2.75) is 50.0 Å². The van der Waals surface area contributed by atoms with Crippen molar-refractivity contribution in [1.82, 2.24) is 4.90 Å². The van der Waals surface area contributed by atoms with Gasteiger partial charge in [-0.05, 0) is 43.5 Å². The molecule has 1 unspecified atom stereocenters. The molecule has 0 bridgehead atoms. The molecular formula is C19H29NO6S2. The van der Waals surface area contributed by atoms with Crippen molar-refractivity contribution in [3.63, 3.8) is 0 Å². The molecule has 0 radical (unpaired) electrons. The Bertz CT molecular complexity index is 862. The van der Waals surface area contributed by atoms with Gasteiger partial charge in [-0.1, -0.05) is 13.3 Å². The maximum Gasteiger partial charge on any atom is 0.222 e. The molecule has 1 aromatic carbocycles. The summed E-state index contributed by atoms with van der Waals surface area (Å²) in [4.78, 5) is 14.6. The molecule has 0 aromatic heterocycles. The molecule has 0 saturated carbocycles. The number of rotatable bonds is 10. The summed E-state index contributed by atoms with van der Waals surface area (Å²) in [6.07, 6.45) is 4.26. The molecule has 0 aliphatic carbocycles. The first-order chi connectivity index (χ1) is 13.1. The largest absolute Gasteiger partial charge is 0.494 e. The molecule has 1 heterocycles. The van der Waals surface area contributed by atoms with Gasteiger partial charge in [0.2, 0.25) is 5.91 Å². The quantitative estimate of drug-likeness (QED) is 0.526. The van der Waals surface area contributed by atoms with Gasteiger partial charge in [-0.15, -0.1) is 0 Å². The summed E-state index contributed by atoms with van der Waals surface area (Å²) < 4.78 is 52.0. The van der Waals surface area contributed by atoms with Crippen LogP contribution in [-0.2, 0) is 24.5 Å². The van der Waals surface area contributed by atoms with Crippen LogP contribution in [0, 0.1) is 0 Å². The van der Waals surface area contributed by atoms with Crippen LogP contribution in [-0.4, -0.2) is 64.6 Å². The molecule has 1 fully saturated rings. The number of nitrogens with zero attached hydrogens (tertiary/aromatic N) is 1. The Kier molecular flexibility index (Phi) is 7.88. The zero-order valence-corrected chi connectivity index (χ0v) is 18.1. The SMILES string of the molecule is CCCCN(C(=O)CCCOc1ccc(S(C)(=O)=O)cc1)C1CCS(=O)(=O)C1. The monoisotopic (exact) mass is 431 g/mol. The predicted octanol–water partition coefficient (Wildman–Crippen LogP) is 2.06. The van der Waals surface area contributed by atoms with Gasteiger partial charge in [0, 0.05) is 25.3 Å². The maximum atomic E-state index is 12.6. The molecule has 0 N–H and O–H groups in total. The van der Waals surface area contributed by atoms with Crippen LogP contribution in [0.1, 0.15) is 39.0 Å². The highest BCUT2D eigenvalue weighted by Gasteiger charge is 2.34. The zero-order chi connectivity index (χ0) is 20.8. The Labute approximate surface area is 167 Å². The average Bonchev–Trinajstić information content (AvgIpc) is 2.98. The standard InChI is InChI=1S/C19H29NO6S2/c1-3-4-12-20(16-11-14-28(24,25)15-16)19(21)6-5-13-26-17-7-9-18(10-8-17)27(2,22)23/h7-10,16H,3-6,11-15H2,1-2H3. The van der Waals surface area contributed by atoms with E-state index in [4.69, 9.17) is 4.74 Å². The smallest absolute Gasteiger partial charge is 0.222 e. The fourth-order valence-corrected chi connectivity index (χ4v) is 5.56. The van der Waals surface area contributed by atoms with Crippen molar-refractivity contribution in [3.05, 3.63) is 24.3 Å². The molecule has 7 nitrogen and oxygen atoms in total. The lowest BCUT2D eigenvalue weighted by Gasteiger charge is -2.28. The minimum absolute atomic E-state index is 0.0356. The summed E-state index contributed by atoms with van der Waals surface area (Å²) in [5, 5.41) is 0. The van der Waals surface area contributed by atoms with Crippen molar-refractivity contribution in [2.75, 3.05) is 30.9 Å². The highest BCUT2D eigenvalue weighted by Crippen LogP contribution is 2.20. The molecule has 0 spiro atoms. The van der Waals surface area contributed by atoms with Gasteiger partial charge in [0.25, 0.3) is 0 Å². The third-order valence-electron chi connectivity index (χ3n) is 4.78. The normalized spacial score (nSPS) is 18.7. The molecule has 1 aromatic rings. The van der Waals surface area contributed by atoms with E-state index in [2.05, 4.69) is 0 Å². The Balaban J connectivity index is 1.83. The van der Waals surface area contributed by atoms with Gasteiger partial charge in [-0.25, -0.2) is 16.8 Å². The van der Waals surface area contributed by atoms with Crippen LogP contribution in [0.25, 0.3) is 0 Å². The minimum atomic E-state index is -3.24. The van der Waals surface area contributed by atoms with E-state index >= 15 is 0 Å². The van der Waals surface area contributed by atoms with Gasteiger partial charge in [-0.2, -0.15) is 0 Å². The number of ether oxygens (including phenoxy) is 1. The van der Waals surface area contributed by atoms with E-state index in [0.29, 0.717) is 38.2 Å². The van der Waals surface area contributed by atoms with E-state index in [1.807, 2.05) is 6.92 Å². The first-order valence-electron chi connectivity index (χ1n) is 9.55. The Morgan fingerprint density at radius 2 is 1.89 bits per heavy atom. The molecule has 158 valence electrons. The van der Waals surface area contributed by atoms with Crippen LogP contribution >= 0.6 is 0 Å². The van der Waals surface area contributed by atoms with Crippen molar-refractivity contribution in [2.24, 2.45) is 0 Å². The summed E-state index contributed by atoms with van der Waals surface area (Å²) in [5.41, 5.74) is 0. The molecule has 1 atom stereocenters. The van der Waals surface area contributed by atoms with Crippen LogP contribution in [0.3, 0.4) is 0 Å². The number of unbranched alkanes of at least 4 members (excludes halogenated alkanes) is 1. The maximum absolute atomic E-state index is 12.6. The summed E-state index contributed by atoms with van der Waals surface area (Å²) in [6.45, 7) is 2.95. The van der Waals surface area contributed by atoms with E-state index in [-0.39, 0.29) is 28.4 Å². The number of carbonyl (C=O) groups is 1. The van der Waals surface area contributed by atoms with Gasteiger partial charge in [0.15, 0.2) is 19.7 Å². The van der Waals surface area contributed by atoms with Crippen LogP contribution in [0.2, 0.25) is 0 Å². The van der Waals surface area contributed by atoms with E-state index < -0.39 is 19.7 Å². The van der Waals surface area contributed by atoms with Gasteiger partial charge >= 0.3 is 0 Å². The molecular weight excluding hydrogens is 402 g/mol. The van der Waals surface area contributed by atoms with Crippen LogP contribution < -0.4 is 4.74 Å². The molecule has 2 rings (SSSR count). The Morgan fingerprint density at radius 3 is 2.43 bits per heavy atom. The van der Waals surface area contributed by atoms with Crippen LogP contribution in [0.5, 0.6) is 5.75 Å². The number of amides is 1. The average molecular weight is 432 g/mol. The lowest BCUT2D eigenvalue weighted by molar-refractivity contribution is -0.133. The second-order valence-corrected chi connectivity index (χ2v) is 11.4. The first-order valence-corrected chi connectivity index (χ1v) is 13.3. The third-order valence-corrected chi connectivity index (χ3v) is 7.66. The summed E-state index contributed by atoms with van der Waals surface area (Å²) >= 11 is 0. The third kappa shape index (κ3) is 6.77. The number of hydrogen-bond acceptors (Lipinski definition) is 6. The highest BCUT2D eigenvalue weighted by molar-refractivity contribution is 7.91. The molecule has 9 heteroatoms. The van der Waals surface area contributed by atoms with E-state index in [1.54, 1.807) is 17.0 Å². The predicted molar refractivity (Wildman–Crippen MR) is 108 cm³/mol.